The standard InChI is InChI=1S/C17H17.Li/c1-2-3-14-17(15-10-6-4-7-11-15)16-12-8-5-9-13-16;/h2,4-13H,1,3,14H2;/q-1;+1. The van der Waals surface area contributed by atoms with E-state index in [0.29, 0.717) is 0 Å². The van der Waals surface area contributed by atoms with Gasteiger partial charge in [-0.3, -0.25) is 0 Å². The van der Waals surface area contributed by atoms with E-state index in [9.17, 15) is 0 Å². The first-order chi connectivity index (χ1) is 8.42. The summed E-state index contributed by atoms with van der Waals surface area (Å²) < 4.78 is 0. The van der Waals surface area contributed by atoms with Crippen LogP contribution in [0.2, 0.25) is 0 Å². The maximum atomic E-state index is 3.81. The summed E-state index contributed by atoms with van der Waals surface area (Å²) in [6.07, 6.45) is 4.03. The molecule has 0 fully saturated rings. The van der Waals surface area contributed by atoms with Gasteiger partial charge in [-0.15, -0.1) is 47.9 Å². The van der Waals surface area contributed by atoms with Crippen molar-refractivity contribution in [1.29, 1.82) is 0 Å². The second-order valence-electron chi connectivity index (χ2n) is 4.04. The fraction of sp³-hybridized carbons (Fsp3) is 0.118. The molecule has 0 radical (unpaired) electrons. The Morgan fingerprint density at radius 1 is 0.833 bits per heavy atom. The molecule has 1 heteroatoms. The molecule has 0 unspecified atom stereocenters. The fourth-order valence-corrected chi connectivity index (χ4v) is 1.98. The molecule has 2 rings (SSSR count). The molecule has 86 valence electrons. The van der Waals surface area contributed by atoms with Gasteiger partial charge in [-0.1, -0.05) is 48.9 Å². The average Bonchev–Trinajstić information content (AvgIpc) is 2.42. The second-order valence-corrected chi connectivity index (χ2v) is 4.04. The normalized spacial score (nSPS) is 9.33. The van der Waals surface area contributed by atoms with Gasteiger partial charge in [-0.25, -0.2) is 0 Å². The molecule has 0 heterocycles. The Morgan fingerprint density at radius 3 is 1.67 bits per heavy atom. The molecule has 0 aliphatic heterocycles. The molecule has 2 aromatic carbocycles. The van der Waals surface area contributed by atoms with Crippen LogP contribution in [0.4, 0.5) is 0 Å². The third-order valence-corrected chi connectivity index (χ3v) is 2.84. The van der Waals surface area contributed by atoms with Crippen molar-refractivity contribution in [2.45, 2.75) is 12.8 Å². The van der Waals surface area contributed by atoms with Gasteiger partial charge in [0.05, 0.1) is 0 Å². The summed E-state index contributed by atoms with van der Waals surface area (Å²) in [7, 11) is 0. The van der Waals surface area contributed by atoms with E-state index in [0.717, 1.165) is 12.8 Å². The molecule has 0 aliphatic rings. The summed E-state index contributed by atoms with van der Waals surface area (Å²) >= 11 is 0. The Labute approximate surface area is 122 Å². The van der Waals surface area contributed by atoms with E-state index >= 15 is 0 Å². The predicted octanol–water partition coefficient (Wildman–Crippen LogP) is 1.63. The molecule has 0 nitrogen and oxygen atoms in total. The monoisotopic (exact) mass is 228 g/mol. The molecule has 2 aromatic rings. The SMILES string of the molecule is C=CCC[C-](c1ccccc1)c1ccccc1.[Li+]. The molecule has 0 atom stereocenters. The topological polar surface area (TPSA) is 0 Å². The zero-order valence-electron chi connectivity index (χ0n) is 11.0. The van der Waals surface area contributed by atoms with Crippen LogP contribution in [0.3, 0.4) is 0 Å². The van der Waals surface area contributed by atoms with Crippen LogP contribution in [-0.4, -0.2) is 0 Å². The van der Waals surface area contributed by atoms with Crippen molar-refractivity contribution in [3.63, 3.8) is 0 Å². The van der Waals surface area contributed by atoms with Crippen LogP contribution in [0.15, 0.2) is 73.3 Å². The van der Waals surface area contributed by atoms with Gasteiger partial charge in [-0.05, 0) is 6.42 Å². The molecule has 0 N–H and O–H groups in total. The number of rotatable bonds is 5. The summed E-state index contributed by atoms with van der Waals surface area (Å²) in [6, 6.07) is 21.2. The second kappa shape index (κ2) is 7.87. The molecular formula is C17H17Li. The quantitative estimate of drug-likeness (QED) is 0.414. The Bertz CT molecular complexity index is 408. The van der Waals surface area contributed by atoms with Crippen LogP contribution in [0.25, 0.3) is 0 Å². The Kier molecular flexibility index (Phi) is 6.43. The summed E-state index contributed by atoms with van der Waals surface area (Å²) in [5.74, 6) is 1.39. The van der Waals surface area contributed by atoms with Crippen LogP contribution in [0, 0.1) is 5.92 Å². The van der Waals surface area contributed by atoms with E-state index in [1.807, 2.05) is 6.08 Å². The van der Waals surface area contributed by atoms with Crippen molar-refractivity contribution >= 4 is 0 Å². The maximum absolute atomic E-state index is 3.81. The van der Waals surface area contributed by atoms with Crippen molar-refractivity contribution in [2.24, 2.45) is 0 Å². The summed E-state index contributed by atoms with van der Waals surface area (Å²) in [5.41, 5.74) is 2.61. The van der Waals surface area contributed by atoms with Crippen molar-refractivity contribution in [3.05, 3.63) is 90.4 Å². The minimum Gasteiger partial charge on any atom is -0.120 e. The minimum atomic E-state index is 0. The third-order valence-electron chi connectivity index (χ3n) is 2.84. The van der Waals surface area contributed by atoms with Crippen LogP contribution >= 0.6 is 0 Å². The molecule has 0 saturated carbocycles. The molecule has 0 saturated heterocycles. The van der Waals surface area contributed by atoms with Crippen molar-refractivity contribution in [3.8, 4) is 0 Å². The van der Waals surface area contributed by atoms with Crippen LogP contribution in [0.5, 0.6) is 0 Å². The summed E-state index contributed by atoms with van der Waals surface area (Å²) in [4.78, 5) is 0. The molecule has 0 aliphatic carbocycles. The van der Waals surface area contributed by atoms with Crippen molar-refractivity contribution in [1.82, 2.24) is 0 Å². The van der Waals surface area contributed by atoms with E-state index in [1.54, 1.807) is 0 Å². The van der Waals surface area contributed by atoms with Crippen LogP contribution in [-0.2, 0) is 0 Å². The van der Waals surface area contributed by atoms with Gasteiger partial charge >= 0.3 is 18.9 Å². The van der Waals surface area contributed by atoms with Gasteiger partial charge in [0.2, 0.25) is 0 Å². The maximum Gasteiger partial charge on any atom is 1.00 e. The molecule has 0 spiro atoms. The van der Waals surface area contributed by atoms with Crippen LogP contribution < -0.4 is 18.9 Å². The third kappa shape index (κ3) is 3.84. The summed E-state index contributed by atoms with van der Waals surface area (Å²) in [6.45, 7) is 3.81. The van der Waals surface area contributed by atoms with Gasteiger partial charge in [0.15, 0.2) is 0 Å². The molecule has 0 amide bonds. The zero-order chi connectivity index (χ0) is 11.9. The zero-order valence-corrected chi connectivity index (χ0v) is 11.0. The Balaban J connectivity index is 0.00000162. The Hall–Kier alpha value is -1.35. The average molecular weight is 228 g/mol. The van der Waals surface area contributed by atoms with Gasteiger partial charge < -0.3 is 0 Å². The molecule has 0 aromatic heterocycles. The van der Waals surface area contributed by atoms with E-state index in [-0.39, 0.29) is 18.9 Å². The van der Waals surface area contributed by atoms with Gasteiger partial charge in [0.25, 0.3) is 0 Å². The van der Waals surface area contributed by atoms with E-state index in [2.05, 4.69) is 67.2 Å². The van der Waals surface area contributed by atoms with E-state index in [1.165, 1.54) is 17.0 Å². The van der Waals surface area contributed by atoms with Crippen molar-refractivity contribution in [2.75, 3.05) is 0 Å². The molecule has 0 bridgehead atoms. The van der Waals surface area contributed by atoms with Gasteiger partial charge in [-0.2, -0.15) is 0 Å². The summed E-state index contributed by atoms with van der Waals surface area (Å²) in [5, 5.41) is 0. The molecular weight excluding hydrogens is 211 g/mol. The number of hydrogen-bond acceptors (Lipinski definition) is 0. The van der Waals surface area contributed by atoms with Gasteiger partial charge in [0, 0.05) is 0 Å². The first-order valence-electron chi connectivity index (χ1n) is 5.99. The largest absolute Gasteiger partial charge is 1.00 e. The van der Waals surface area contributed by atoms with E-state index < -0.39 is 0 Å². The minimum absolute atomic E-state index is 0. The van der Waals surface area contributed by atoms with Crippen molar-refractivity contribution < 1.29 is 18.9 Å². The smallest absolute Gasteiger partial charge is 0.120 e. The number of allylic oxidation sites excluding steroid dienone is 1. The van der Waals surface area contributed by atoms with Crippen LogP contribution in [0.1, 0.15) is 24.0 Å². The molecule has 18 heavy (non-hydrogen) atoms. The first kappa shape index (κ1) is 14.7. The predicted molar refractivity (Wildman–Crippen MR) is 73.8 cm³/mol. The number of benzene rings is 2. The van der Waals surface area contributed by atoms with Gasteiger partial charge in [0.1, 0.15) is 0 Å². The first-order valence-corrected chi connectivity index (χ1v) is 5.99. The number of hydrogen-bond donors (Lipinski definition) is 0. The fourth-order valence-electron chi connectivity index (χ4n) is 1.98. The Morgan fingerprint density at radius 2 is 1.28 bits per heavy atom. The van der Waals surface area contributed by atoms with E-state index in [4.69, 9.17) is 0 Å².